The molecule has 1 unspecified atom stereocenters. The fraction of sp³-hybridized carbons (Fsp3) is 0.533. The van der Waals surface area contributed by atoms with Gasteiger partial charge in [0.2, 0.25) is 5.91 Å². The SMILES string of the molecule is CC1(C)CCCN1C(=O)C1Cc2ccccc2N1. The first-order chi connectivity index (χ1) is 8.58. The molecule has 96 valence electrons. The van der Waals surface area contributed by atoms with Crippen LogP contribution in [0, 0.1) is 0 Å². The lowest BCUT2D eigenvalue weighted by Gasteiger charge is -2.33. The molecule has 0 bridgehead atoms. The minimum Gasteiger partial charge on any atom is -0.373 e. The van der Waals surface area contributed by atoms with Crippen LogP contribution in [0.4, 0.5) is 5.69 Å². The number of anilines is 1. The van der Waals surface area contributed by atoms with Crippen molar-refractivity contribution in [3.63, 3.8) is 0 Å². The number of amides is 1. The number of hydrogen-bond acceptors (Lipinski definition) is 2. The molecule has 3 rings (SSSR count). The van der Waals surface area contributed by atoms with Crippen molar-refractivity contribution in [2.24, 2.45) is 0 Å². The molecule has 1 N–H and O–H groups in total. The topological polar surface area (TPSA) is 32.3 Å². The van der Waals surface area contributed by atoms with Gasteiger partial charge in [0, 0.05) is 24.2 Å². The molecule has 3 nitrogen and oxygen atoms in total. The highest BCUT2D eigenvalue weighted by molar-refractivity contribution is 5.88. The van der Waals surface area contributed by atoms with E-state index in [0.29, 0.717) is 0 Å². The Morgan fingerprint density at radius 2 is 2.17 bits per heavy atom. The molecule has 1 aromatic carbocycles. The highest BCUT2D eigenvalue weighted by atomic mass is 16.2. The van der Waals surface area contributed by atoms with Crippen molar-refractivity contribution in [1.29, 1.82) is 0 Å². The maximum Gasteiger partial charge on any atom is 0.245 e. The Labute approximate surface area is 108 Å². The highest BCUT2D eigenvalue weighted by Gasteiger charge is 2.39. The van der Waals surface area contributed by atoms with Gasteiger partial charge in [0.1, 0.15) is 6.04 Å². The van der Waals surface area contributed by atoms with E-state index in [4.69, 9.17) is 0 Å². The van der Waals surface area contributed by atoms with Gasteiger partial charge in [-0.25, -0.2) is 0 Å². The standard InChI is InChI=1S/C15H20N2O/c1-15(2)8-5-9-17(15)14(18)13-10-11-6-3-4-7-12(11)16-13/h3-4,6-7,13,16H,5,8-10H2,1-2H3. The second kappa shape index (κ2) is 4.01. The Morgan fingerprint density at radius 1 is 1.39 bits per heavy atom. The maximum absolute atomic E-state index is 12.6. The Hall–Kier alpha value is -1.51. The Morgan fingerprint density at radius 3 is 2.83 bits per heavy atom. The Bertz CT molecular complexity index is 456. The van der Waals surface area contributed by atoms with Gasteiger partial charge in [-0.15, -0.1) is 0 Å². The number of nitrogens with one attached hydrogen (secondary N) is 1. The van der Waals surface area contributed by atoms with Crippen LogP contribution in [0.5, 0.6) is 0 Å². The van der Waals surface area contributed by atoms with E-state index >= 15 is 0 Å². The number of nitrogens with zero attached hydrogens (tertiary/aromatic N) is 1. The smallest absolute Gasteiger partial charge is 0.245 e. The summed E-state index contributed by atoms with van der Waals surface area (Å²) < 4.78 is 0. The fourth-order valence-corrected chi connectivity index (χ4v) is 3.15. The normalized spacial score (nSPS) is 24.8. The van der Waals surface area contributed by atoms with Crippen LogP contribution in [0.2, 0.25) is 0 Å². The molecule has 1 atom stereocenters. The van der Waals surface area contributed by atoms with Crippen LogP contribution in [-0.2, 0) is 11.2 Å². The molecular formula is C15H20N2O. The van der Waals surface area contributed by atoms with Gasteiger partial charge in [0.05, 0.1) is 0 Å². The first-order valence-corrected chi connectivity index (χ1v) is 6.74. The molecule has 2 aliphatic heterocycles. The highest BCUT2D eigenvalue weighted by Crippen LogP contribution is 2.32. The first kappa shape index (κ1) is 11.6. The van der Waals surface area contributed by atoms with Crippen molar-refractivity contribution >= 4 is 11.6 Å². The third-order valence-corrected chi connectivity index (χ3v) is 4.24. The number of hydrogen-bond donors (Lipinski definition) is 1. The molecule has 3 heteroatoms. The minimum atomic E-state index is -0.0697. The van der Waals surface area contributed by atoms with Crippen LogP contribution in [0.3, 0.4) is 0 Å². The van der Waals surface area contributed by atoms with E-state index in [-0.39, 0.29) is 17.5 Å². The van der Waals surface area contributed by atoms with Gasteiger partial charge in [-0.1, -0.05) is 18.2 Å². The van der Waals surface area contributed by atoms with Gasteiger partial charge in [-0.2, -0.15) is 0 Å². The summed E-state index contributed by atoms with van der Waals surface area (Å²) in [5.74, 6) is 0.258. The Balaban J connectivity index is 1.77. The van der Waals surface area contributed by atoms with Crippen LogP contribution >= 0.6 is 0 Å². The number of rotatable bonds is 1. The molecule has 1 fully saturated rings. The fourth-order valence-electron chi connectivity index (χ4n) is 3.15. The zero-order chi connectivity index (χ0) is 12.8. The summed E-state index contributed by atoms with van der Waals surface area (Å²) in [5, 5.41) is 3.36. The molecule has 2 aliphatic rings. The van der Waals surface area contributed by atoms with E-state index in [9.17, 15) is 4.79 Å². The van der Waals surface area contributed by atoms with Crippen molar-refractivity contribution < 1.29 is 4.79 Å². The molecule has 0 spiro atoms. The lowest BCUT2D eigenvalue weighted by molar-refractivity contribution is -0.135. The number of para-hydroxylation sites is 1. The number of fused-ring (bicyclic) bond motifs is 1. The summed E-state index contributed by atoms with van der Waals surface area (Å²) in [6, 6.07) is 8.13. The number of likely N-dealkylation sites (tertiary alicyclic amines) is 1. The minimum absolute atomic E-state index is 0.0214. The van der Waals surface area contributed by atoms with Gasteiger partial charge in [-0.05, 0) is 38.3 Å². The summed E-state index contributed by atoms with van der Waals surface area (Å²) in [4.78, 5) is 14.6. The van der Waals surface area contributed by atoms with Crippen LogP contribution in [0.15, 0.2) is 24.3 Å². The largest absolute Gasteiger partial charge is 0.373 e. The molecule has 1 aromatic rings. The van der Waals surface area contributed by atoms with Crippen LogP contribution in [-0.4, -0.2) is 28.9 Å². The van der Waals surface area contributed by atoms with Crippen molar-refractivity contribution in [1.82, 2.24) is 4.90 Å². The predicted octanol–water partition coefficient (Wildman–Crippen LogP) is 2.42. The van der Waals surface area contributed by atoms with E-state index in [1.165, 1.54) is 5.56 Å². The zero-order valence-electron chi connectivity index (χ0n) is 11.1. The monoisotopic (exact) mass is 244 g/mol. The molecule has 0 radical (unpaired) electrons. The zero-order valence-corrected chi connectivity index (χ0v) is 11.1. The van der Waals surface area contributed by atoms with Crippen molar-refractivity contribution in [2.45, 2.75) is 44.7 Å². The lowest BCUT2D eigenvalue weighted by atomic mass is 10.0. The summed E-state index contributed by atoms with van der Waals surface area (Å²) in [7, 11) is 0. The molecule has 1 amide bonds. The van der Waals surface area contributed by atoms with Gasteiger partial charge in [-0.3, -0.25) is 4.79 Å². The Kier molecular flexibility index (Phi) is 2.58. The van der Waals surface area contributed by atoms with E-state index in [2.05, 4.69) is 36.2 Å². The predicted molar refractivity (Wildman–Crippen MR) is 72.6 cm³/mol. The molecule has 1 saturated heterocycles. The van der Waals surface area contributed by atoms with Gasteiger partial charge < -0.3 is 10.2 Å². The lowest BCUT2D eigenvalue weighted by Crippen LogP contribution is -2.49. The molecule has 2 heterocycles. The van der Waals surface area contributed by atoms with E-state index in [1.807, 2.05) is 12.1 Å². The summed E-state index contributed by atoms with van der Waals surface area (Å²) >= 11 is 0. The van der Waals surface area contributed by atoms with E-state index in [1.54, 1.807) is 0 Å². The second-order valence-corrected chi connectivity index (χ2v) is 5.96. The van der Waals surface area contributed by atoms with Crippen molar-refractivity contribution in [2.75, 3.05) is 11.9 Å². The first-order valence-electron chi connectivity index (χ1n) is 6.74. The van der Waals surface area contributed by atoms with Crippen LogP contribution in [0.1, 0.15) is 32.3 Å². The number of carbonyl (C=O) groups excluding carboxylic acids is 1. The third kappa shape index (κ3) is 1.78. The van der Waals surface area contributed by atoms with Gasteiger partial charge >= 0.3 is 0 Å². The number of benzene rings is 1. The average Bonchev–Trinajstić information content (AvgIpc) is 2.90. The quantitative estimate of drug-likeness (QED) is 0.823. The summed E-state index contributed by atoms with van der Waals surface area (Å²) in [6.45, 7) is 5.24. The molecule has 0 aliphatic carbocycles. The number of carbonyl (C=O) groups is 1. The summed E-state index contributed by atoms with van der Waals surface area (Å²) in [5.41, 5.74) is 2.40. The molecule has 0 saturated carbocycles. The molecule has 0 aromatic heterocycles. The van der Waals surface area contributed by atoms with E-state index < -0.39 is 0 Å². The van der Waals surface area contributed by atoms with Crippen molar-refractivity contribution in [3.05, 3.63) is 29.8 Å². The second-order valence-electron chi connectivity index (χ2n) is 5.96. The van der Waals surface area contributed by atoms with Crippen LogP contribution in [0.25, 0.3) is 0 Å². The van der Waals surface area contributed by atoms with Gasteiger partial charge in [0.25, 0.3) is 0 Å². The third-order valence-electron chi connectivity index (χ3n) is 4.24. The van der Waals surface area contributed by atoms with E-state index in [0.717, 1.165) is 31.5 Å². The average molecular weight is 244 g/mol. The van der Waals surface area contributed by atoms with Gasteiger partial charge in [0.15, 0.2) is 0 Å². The maximum atomic E-state index is 12.6. The molecule has 18 heavy (non-hydrogen) atoms. The van der Waals surface area contributed by atoms with Crippen LogP contribution < -0.4 is 5.32 Å². The molecular weight excluding hydrogens is 224 g/mol. The summed E-state index contributed by atoms with van der Waals surface area (Å²) in [6.07, 6.45) is 3.05. The van der Waals surface area contributed by atoms with Crippen molar-refractivity contribution in [3.8, 4) is 0 Å².